The fraction of sp³-hybridized carbons (Fsp3) is 0.250. The molecule has 0 saturated carbocycles. The molecule has 0 unspecified atom stereocenters. The predicted octanol–water partition coefficient (Wildman–Crippen LogP) is 2.14. The topological polar surface area (TPSA) is 59.2 Å². The molecule has 1 aromatic carbocycles. The average Bonchev–Trinajstić information content (AvgIpc) is 2.86. The summed E-state index contributed by atoms with van der Waals surface area (Å²) in [5, 5.41) is 10.0. The molecule has 0 spiro atoms. The van der Waals surface area contributed by atoms with Gasteiger partial charge in [-0.15, -0.1) is 0 Å². The Hall–Kier alpha value is -2.17. The molecule has 1 heterocycles. The molecule has 90 valence electrons. The van der Waals surface area contributed by atoms with Crippen LogP contribution in [0.25, 0.3) is 11.3 Å². The van der Waals surface area contributed by atoms with Crippen molar-refractivity contribution in [3.8, 4) is 22.8 Å². The first kappa shape index (κ1) is 11.3. The minimum atomic E-state index is 0.775. The van der Waals surface area contributed by atoms with E-state index < -0.39 is 0 Å². The van der Waals surface area contributed by atoms with E-state index in [9.17, 15) is 0 Å². The zero-order chi connectivity index (χ0) is 12.3. The number of ether oxygens (including phenoxy) is 2. The maximum absolute atomic E-state index is 5.32. The van der Waals surface area contributed by atoms with Gasteiger partial charge in [0.05, 0.1) is 19.9 Å². The Kier molecular flexibility index (Phi) is 3.18. The zero-order valence-electron chi connectivity index (χ0n) is 10.1. The van der Waals surface area contributed by atoms with E-state index in [4.69, 9.17) is 9.47 Å². The Labute approximate surface area is 99.8 Å². The van der Waals surface area contributed by atoms with Gasteiger partial charge in [0, 0.05) is 18.7 Å². The highest BCUT2D eigenvalue weighted by Gasteiger charge is 2.10. The molecule has 0 amide bonds. The van der Waals surface area contributed by atoms with Crippen molar-refractivity contribution in [2.24, 2.45) is 0 Å². The van der Waals surface area contributed by atoms with Gasteiger partial charge in [-0.1, -0.05) is 0 Å². The van der Waals surface area contributed by atoms with E-state index in [-0.39, 0.29) is 0 Å². The van der Waals surface area contributed by atoms with Crippen molar-refractivity contribution in [1.82, 2.24) is 10.2 Å². The van der Waals surface area contributed by atoms with Crippen LogP contribution in [-0.2, 0) is 0 Å². The van der Waals surface area contributed by atoms with Gasteiger partial charge in [-0.25, -0.2) is 0 Å². The number of hydrogen-bond donors (Lipinski definition) is 2. The summed E-state index contributed by atoms with van der Waals surface area (Å²) >= 11 is 0. The van der Waals surface area contributed by atoms with E-state index in [1.54, 1.807) is 14.2 Å². The van der Waals surface area contributed by atoms with Gasteiger partial charge in [-0.2, -0.15) is 5.10 Å². The van der Waals surface area contributed by atoms with Gasteiger partial charge >= 0.3 is 0 Å². The first-order valence-corrected chi connectivity index (χ1v) is 5.24. The number of nitrogens with zero attached hydrogens (tertiary/aromatic N) is 1. The van der Waals surface area contributed by atoms with Gasteiger partial charge in [0.2, 0.25) is 0 Å². The van der Waals surface area contributed by atoms with E-state index in [2.05, 4.69) is 15.5 Å². The molecule has 0 aliphatic heterocycles. The molecule has 2 aromatic rings. The van der Waals surface area contributed by atoms with Crippen LogP contribution in [0.2, 0.25) is 0 Å². The van der Waals surface area contributed by atoms with Gasteiger partial charge in [-0.3, -0.25) is 5.10 Å². The molecule has 17 heavy (non-hydrogen) atoms. The summed E-state index contributed by atoms with van der Waals surface area (Å²) in [6.45, 7) is 0. The van der Waals surface area contributed by atoms with Crippen LogP contribution in [0.4, 0.5) is 5.82 Å². The number of H-pyrrole nitrogens is 1. The van der Waals surface area contributed by atoms with Gasteiger partial charge in [0.25, 0.3) is 0 Å². The summed E-state index contributed by atoms with van der Waals surface area (Å²) in [4.78, 5) is 0. The highest BCUT2D eigenvalue weighted by Crippen LogP contribution is 2.32. The van der Waals surface area contributed by atoms with Crippen LogP contribution in [0, 0.1) is 0 Å². The smallest absolute Gasteiger partial charge is 0.148 e. The highest BCUT2D eigenvalue weighted by molar-refractivity contribution is 5.71. The number of nitrogens with one attached hydrogen (secondary N) is 2. The zero-order valence-corrected chi connectivity index (χ0v) is 10.1. The monoisotopic (exact) mass is 233 g/mol. The average molecular weight is 233 g/mol. The molecule has 0 aliphatic rings. The number of methoxy groups -OCH3 is 2. The summed E-state index contributed by atoms with van der Waals surface area (Å²) in [7, 11) is 5.10. The third-order valence-corrected chi connectivity index (χ3v) is 2.53. The van der Waals surface area contributed by atoms with Gasteiger partial charge in [0.15, 0.2) is 0 Å². The van der Waals surface area contributed by atoms with Crippen molar-refractivity contribution in [3.05, 3.63) is 24.3 Å². The molecule has 0 radical (unpaired) electrons. The van der Waals surface area contributed by atoms with Crippen LogP contribution in [-0.4, -0.2) is 31.5 Å². The molecule has 5 nitrogen and oxygen atoms in total. The van der Waals surface area contributed by atoms with Gasteiger partial charge < -0.3 is 14.8 Å². The van der Waals surface area contributed by atoms with Gasteiger partial charge in [0.1, 0.15) is 17.3 Å². The lowest BCUT2D eigenvalue weighted by atomic mass is 10.1. The second-order valence-electron chi connectivity index (χ2n) is 3.48. The van der Waals surface area contributed by atoms with Crippen molar-refractivity contribution < 1.29 is 9.47 Å². The van der Waals surface area contributed by atoms with Gasteiger partial charge in [-0.05, 0) is 18.2 Å². The molecule has 0 bridgehead atoms. The van der Waals surface area contributed by atoms with Crippen LogP contribution >= 0.6 is 0 Å². The first-order chi connectivity index (χ1) is 8.28. The van der Waals surface area contributed by atoms with Crippen molar-refractivity contribution in [3.63, 3.8) is 0 Å². The summed E-state index contributed by atoms with van der Waals surface area (Å²) in [5.41, 5.74) is 1.80. The van der Waals surface area contributed by atoms with E-state index in [0.29, 0.717) is 0 Å². The number of rotatable bonds is 4. The van der Waals surface area contributed by atoms with E-state index >= 15 is 0 Å². The van der Waals surface area contributed by atoms with Crippen LogP contribution in [0.3, 0.4) is 0 Å². The summed E-state index contributed by atoms with van der Waals surface area (Å²) in [6, 6.07) is 7.55. The fourth-order valence-electron chi connectivity index (χ4n) is 1.61. The maximum Gasteiger partial charge on any atom is 0.148 e. The SMILES string of the molecule is CNc1cc(-c2cc(OC)ccc2OC)[nH]n1. The standard InChI is InChI=1S/C12H15N3O2/c1-13-12-7-10(14-15-12)9-6-8(16-2)4-5-11(9)17-3/h4-7H,1-3H3,(H2,13,14,15). The molecule has 2 rings (SSSR count). The Morgan fingerprint density at radius 2 is 2.00 bits per heavy atom. The highest BCUT2D eigenvalue weighted by atomic mass is 16.5. The van der Waals surface area contributed by atoms with Crippen LogP contribution in [0.1, 0.15) is 0 Å². The van der Waals surface area contributed by atoms with Crippen molar-refractivity contribution in [1.29, 1.82) is 0 Å². The number of aromatic nitrogens is 2. The van der Waals surface area contributed by atoms with E-state index in [1.807, 2.05) is 31.3 Å². The van der Waals surface area contributed by atoms with Crippen LogP contribution in [0.15, 0.2) is 24.3 Å². The molecule has 5 heteroatoms. The van der Waals surface area contributed by atoms with Crippen LogP contribution < -0.4 is 14.8 Å². The predicted molar refractivity (Wildman–Crippen MR) is 66.7 cm³/mol. The molecule has 0 aliphatic carbocycles. The Balaban J connectivity index is 2.47. The molecular weight excluding hydrogens is 218 g/mol. The number of anilines is 1. The van der Waals surface area contributed by atoms with Crippen molar-refractivity contribution in [2.75, 3.05) is 26.6 Å². The molecular formula is C12H15N3O2. The summed E-state index contributed by atoms with van der Waals surface area (Å²) in [5.74, 6) is 2.34. The Morgan fingerprint density at radius 3 is 2.59 bits per heavy atom. The maximum atomic E-state index is 5.32. The molecule has 1 aromatic heterocycles. The van der Waals surface area contributed by atoms with Crippen molar-refractivity contribution in [2.45, 2.75) is 0 Å². The third kappa shape index (κ3) is 2.18. The molecule has 2 N–H and O–H groups in total. The molecule has 0 fully saturated rings. The van der Waals surface area contributed by atoms with E-state index in [0.717, 1.165) is 28.6 Å². The second-order valence-corrected chi connectivity index (χ2v) is 3.48. The lowest BCUT2D eigenvalue weighted by molar-refractivity contribution is 0.404. The Morgan fingerprint density at radius 1 is 1.18 bits per heavy atom. The number of hydrogen-bond acceptors (Lipinski definition) is 4. The normalized spacial score (nSPS) is 10.1. The van der Waals surface area contributed by atoms with E-state index in [1.165, 1.54) is 0 Å². The quantitative estimate of drug-likeness (QED) is 0.849. The summed E-state index contributed by atoms with van der Waals surface area (Å²) in [6.07, 6.45) is 0. The molecule has 0 atom stereocenters. The molecule has 0 saturated heterocycles. The first-order valence-electron chi connectivity index (χ1n) is 5.24. The summed E-state index contributed by atoms with van der Waals surface area (Å²) < 4.78 is 10.5. The van der Waals surface area contributed by atoms with Crippen molar-refractivity contribution >= 4 is 5.82 Å². The second kappa shape index (κ2) is 4.78. The fourth-order valence-corrected chi connectivity index (χ4v) is 1.61. The lowest BCUT2D eigenvalue weighted by Crippen LogP contribution is -1.90. The largest absolute Gasteiger partial charge is 0.497 e. The number of aromatic amines is 1. The lowest BCUT2D eigenvalue weighted by Gasteiger charge is -2.08. The Bertz CT molecular complexity index is 508. The third-order valence-electron chi connectivity index (χ3n) is 2.53. The minimum absolute atomic E-state index is 0.775. The number of benzene rings is 1. The van der Waals surface area contributed by atoms with Crippen LogP contribution in [0.5, 0.6) is 11.5 Å². The minimum Gasteiger partial charge on any atom is -0.497 e.